The molecule has 27 heavy (non-hydrogen) atoms. The number of pyridine rings is 1. The quantitative estimate of drug-likeness (QED) is 0.524. The van der Waals surface area contributed by atoms with Gasteiger partial charge >= 0.3 is 5.97 Å². The van der Waals surface area contributed by atoms with Gasteiger partial charge in [0.25, 0.3) is 0 Å². The van der Waals surface area contributed by atoms with E-state index in [1.165, 1.54) is 0 Å². The molecule has 0 radical (unpaired) electrons. The van der Waals surface area contributed by atoms with Crippen molar-refractivity contribution in [2.75, 3.05) is 0 Å². The first-order valence-electron chi connectivity index (χ1n) is 8.74. The molecule has 1 aliphatic rings. The zero-order valence-electron chi connectivity index (χ0n) is 15.3. The van der Waals surface area contributed by atoms with Crippen molar-refractivity contribution in [1.29, 1.82) is 0 Å². The molecule has 0 unspecified atom stereocenters. The Labute approximate surface area is 156 Å². The second-order valence-corrected chi connectivity index (χ2v) is 6.53. The number of cyclic esters (lactones) is 1. The molecule has 0 bridgehead atoms. The van der Waals surface area contributed by atoms with E-state index in [1.807, 2.05) is 73.8 Å². The molecule has 3 heterocycles. The van der Waals surface area contributed by atoms with Crippen LogP contribution >= 0.6 is 0 Å². The number of hydrogen-bond acceptors (Lipinski definition) is 5. The molecule has 0 amide bonds. The minimum atomic E-state index is -0.484. The van der Waals surface area contributed by atoms with Gasteiger partial charge in [-0.25, -0.2) is 14.8 Å². The number of esters is 1. The standard InChI is InChI=1S/C21H19N3O3/c1-13(2)26-16-9-7-15(8-10-16)20-23-18(21(25)27-20)12-17-19-6-4-5-11-24(19)14(3)22-17/h4-13H,1-3H3. The lowest BCUT2D eigenvalue weighted by atomic mass is 10.2. The monoisotopic (exact) mass is 361 g/mol. The Morgan fingerprint density at radius 2 is 1.93 bits per heavy atom. The summed E-state index contributed by atoms with van der Waals surface area (Å²) < 4.78 is 12.9. The van der Waals surface area contributed by atoms with Gasteiger partial charge < -0.3 is 13.9 Å². The summed E-state index contributed by atoms with van der Waals surface area (Å²) in [7, 11) is 0. The van der Waals surface area contributed by atoms with Crippen LogP contribution in [-0.4, -0.2) is 27.4 Å². The molecule has 0 atom stereocenters. The number of ether oxygens (including phenoxy) is 2. The molecule has 136 valence electrons. The van der Waals surface area contributed by atoms with E-state index >= 15 is 0 Å². The van der Waals surface area contributed by atoms with Gasteiger partial charge in [-0.2, -0.15) is 0 Å². The summed E-state index contributed by atoms with van der Waals surface area (Å²) in [5.74, 6) is 1.40. The number of fused-ring (bicyclic) bond motifs is 1. The summed E-state index contributed by atoms with van der Waals surface area (Å²) in [6, 6.07) is 13.1. The number of aliphatic imine (C=N–C) groups is 1. The van der Waals surface area contributed by atoms with Crippen LogP contribution in [0.25, 0.3) is 11.6 Å². The van der Waals surface area contributed by atoms with E-state index in [9.17, 15) is 4.79 Å². The van der Waals surface area contributed by atoms with Crippen molar-refractivity contribution >= 4 is 23.5 Å². The van der Waals surface area contributed by atoms with Crippen LogP contribution in [0.5, 0.6) is 5.75 Å². The largest absolute Gasteiger partial charge is 0.491 e. The lowest BCUT2D eigenvalue weighted by molar-refractivity contribution is -0.129. The predicted molar refractivity (Wildman–Crippen MR) is 103 cm³/mol. The number of aromatic nitrogens is 2. The van der Waals surface area contributed by atoms with Gasteiger partial charge in [0.1, 0.15) is 11.6 Å². The van der Waals surface area contributed by atoms with Gasteiger partial charge in [0.2, 0.25) is 5.90 Å². The normalized spacial score (nSPS) is 15.5. The number of carbonyl (C=O) groups is 1. The summed E-state index contributed by atoms with van der Waals surface area (Å²) >= 11 is 0. The molecule has 0 fully saturated rings. The van der Waals surface area contributed by atoms with Crippen LogP contribution in [0.3, 0.4) is 0 Å². The van der Waals surface area contributed by atoms with E-state index in [0.29, 0.717) is 11.3 Å². The van der Waals surface area contributed by atoms with Crippen molar-refractivity contribution < 1.29 is 14.3 Å². The second-order valence-electron chi connectivity index (χ2n) is 6.53. The highest BCUT2D eigenvalue weighted by Crippen LogP contribution is 2.23. The summed E-state index contributed by atoms with van der Waals surface area (Å²) in [5, 5.41) is 0. The Kier molecular flexibility index (Phi) is 4.24. The molecule has 1 aliphatic heterocycles. The number of imidazole rings is 1. The van der Waals surface area contributed by atoms with Crippen LogP contribution < -0.4 is 4.74 Å². The molecule has 0 spiro atoms. The van der Waals surface area contributed by atoms with Crippen LogP contribution in [-0.2, 0) is 9.53 Å². The van der Waals surface area contributed by atoms with Gasteiger partial charge in [0, 0.05) is 11.8 Å². The van der Waals surface area contributed by atoms with Crippen LogP contribution in [0.2, 0.25) is 0 Å². The highest BCUT2D eigenvalue weighted by atomic mass is 16.6. The zero-order chi connectivity index (χ0) is 19.0. The van der Waals surface area contributed by atoms with Crippen molar-refractivity contribution in [1.82, 2.24) is 9.38 Å². The van der Waals surface area contributed by atoms with Crippen LogP contribution in [0.1, 0.15) is 30.9 Å². The molecule has 2 aromatic heterocycles. The number of benzene rings is 1. The molecule has 0 saturated carbocycles. The first-order valence-corrected chi connectivity index (χ1v) is 8.74. The minimum absolute atomic E-state index is 0.0974. The molecular formula is C21H19N3O3. The topological polar surface area (TPSA) is 65.2 Å². The molecule has 0 N–H and O–H groups in total. The highest BCUT2D eigenvalue weighted by molar-refractivity contribution is 6.13. The number of aryl methyl sites for hydroxylation is 1. The Balaban J connectivity index is 1.65. The van der Waals surface area contributed by atoms with E-state index < -0.39 is 5.97 Å². The van der Waals surface area contributed by atoms with Crippen molar-refractivity contribution in [3.63, 3.8) is 0 Å². The molecule has 6 nitrogen and oxygen atoms in total. The van der Waals surface area contributed by atoms with E-state index in [0.717, 1.165) is 17.1 Å². The maximum Gasteiger partial charge on any atom is 0.363 e. The Morgan fingerprint density at radius 3 is 2.67 bits per heavy atom. The van der Waals surface area contributed by atoms with E-state index in [-0.39, 0.29) is 17.7 Å². The van der Waals surface area contributed by atoms with E-state index in [2.05, 4.69) is 9.98 Å². The molecule has 0 aliphatic carbocycles. The summed E-state index contributed by atoms with van der Waals surface area (Å²) in [4.78, 5) is 21.1. The number of rotatable bonds is 4. The number of hydrogen-bond donors (Lipinski definition) is 0. The van der Waals surface area contributed by atoms with Crippen molar-refractivity contribution in [3.8, 4) is 5.75 Å². The fraction of sp³-hybridized carbons (Fsp3) is 0.190. The SMILES string of the molecule is Cc1nc(C=C2N=C(c3ccc(OC(C)C)cc3)OC2=O)c2ccccn12. The second kappa shape index (κ2) is 6.72. The summed E-state index contributed by atoms with van der Waals surface area (Å²) in [6.45, 7) is 5.85. The zero-order valence-corrected chi connectivity index (χ0v) is 15.3. The van der Waals surface area contributed by atoms with Gasteiger partial charge in [0.15, 0.2) is 5.70 Å². The molecular weight excluding hydrogens is 342 g/mol. The summed E-state index contributed by atoms with van der Waals surface area (Å²) in [5.41, 5.74) is 2.55. The first kappa shape index (κ1) is 17.0. The van der Waals surface area contributed by atoms with Crippen LogP contribution in [0, 0.1) is 6.92 Å². The maximum atomic E-state index is 12.3. The van der Waals surface area contributed by atoms with Crippen molar-refractivity contribution in [2.24, 2.45) is 4.99 Å². The fourth-order valence-electron chi connectivity index (χ4n) is 2.94. The Morgan fingerprint density at radius 1 is 1.15 bits per heavy atom. The van der Waals surface area contributed by atoms with Crippen molar-refractivity contribution in [2.45, 2.75) is 26.9 Å². The van der Waals surface area contributed by atoms with Crippen LogP contribution in [0.4, 0.5) is 0 Å². The molecule has 6 heteroatoms. The molecule has 1 aromatic carbocycles. The molecule has 4 rings (SSSR count). The molecule has 0 saturated heterocycles. The average Bonchev–Trinajstić information content (AvgIpc) is 3.16. The third kappa shape index (κ3) is 3.33. The maximum absolute atomic E-state index is 12.3. The minimum Gasteiger partial charge on any atom is -0.491 e. The van der Waals surface area contributed by atoms with Gasteiger partial charge in [-0.15, -0.1) is 0 Å². The average molecular weight is 361 g/mol. The van der Waals surface area contributed by atoms with Gasteiger partial charge in [-0.3, -0.25) is 0 Å². The predicted octanol–water partition coefficient (Wildman–Crippen LogP) is 3.77. The van der Waals surface area contributed by atoms with E-state index in [1.54, 1.807) is 6.08 Å². The van der Waals surface area contributed by atoms with E-state index in [4.69, 9.17) is 9.47 Å². The van der Waals surface area contributed by atoms with Gasteiger partial charge in [0.05, 0.1) is 17.3 Å². The summed E-state index contributed by atoms with van der Waals surface area (Å²) in [6.07, 6.45) is 3.69. The third-order valence-electron chi connectivity index (χ3n) is 4.12. The lowest BCUT2D eigenvalue weighted by Crippen LogP contribution is -2.07. The highest BCUT2D eigenvalue weighted by Gasteiger charge is 2.25. The first-order chi connectivity index (χ1) is 13.0. The van der Waals surface area contributed by atoms with Crippen molar-refractivity contribution in [3.05, 3.63) is 71.4 Å². The lowest BCUT2D eigenvalue weighted by Gasteiger charge is -2.09. The Hall–Kier alpha value is -3.41. The van der Waals surface area contributed by atoms with Gasteiger partial charge in [-0.1, -0.05) is 6.07 Å². The third-order valence-corrected chi connectivity index (χ3v) is 4.12. The molecule has 3 aromatic rings. The van der Waals surface area contributed by atoms with Gasteiger partial charge in [-0.05, 0) is 63.2 Å². The van der Waals surface area contributed by atoms with Crippen LogP contribution in [0.15, 0.2) is 59.4 Å². The number of carbonyl (C=O) groups excluding carboxylic acids is 1. The fourth-order valence-corrected chi connectivity index (χ4v) is 2.94. The smallest absolute Gasteiger partial charge is 0.363 e. The number of nitrogens with zero attached hydrogens (tertiary/aromatic N) is 3. The Bertz CT molecular complexity index is 1080.